The Morgan fingerprint density at radius 2 is 1.77 bits per heavy atom. The lowest BCUT2D eigenvalue weighted by Gasteiger charge is -2.36. The highest BCUT2D eigenvalue weighted by Gasteiger charge is 2.32. The second kappa shape index (κ2) is 9.95. The summed E-state index contributed by atoms with van der Waals surface area (Å²) >= 11 is 0. The summed E-state index contributed by atoms with van der Waals surface area (Å²) in [5.41, 5.74) is 0.0522. The van der Waals surface area contributed by atoms with Crippen LogP contribution >= 0.6 is 0 Å². The highest BCUT2D eigenvalue weighted by Crippen LogP contribution is 2.30. The van der Waals surface area contributed by atoms with Crippen LogP contribution in [0.1, 0.15) is 35.2 Å². The van der Waals surface area contributed by atoms with Gasteiger partial charge in [0.2, 0.25) is 0 Å². The van der Waals surface area contributed by atoms with Gasteiger partial charge in [-0.2, -0.15) is 0 Å². The third-order valence-electron chi connectivity index (χ3n) is 5.07. The van der Waals surface area contributed by atoms with E-state index in [1.165, 1.54) is 49.4 Å². The molecular formula is C22H26F3N3O2. The van der Waals surface area contributed by atoms with Gasteiger partial charge in [0.1, 0.15) is 5.82 Å². The molecule has 3 N–H and O–H groups in total. The first-order valence-corrected chi connectivity index (χ1v) is 10.1. The van der Waals surface area contributed by atoms with Crippen molar-refractivity contribution in [1.82, 2.24) is 10.2 Å². The lowest BCUT2D eigenvalue weighted by Crippen LogP contribution is -2.53. The molecule has 2 saturated heterocycles. The van der Waals surface area contributed by atoms with Gasteiger partial charge in [0.25, 0.3) is 5.91 Å². The van der Waals surface area contributed by atoms with Crippen molar-refractivity contribution in [3.8, 4) is 0 Å². The maximum absolute atomic E-state index is 14.2. The molecule has 1 amide bonds. The van der Waals surface area contributed by atoms with E-state index in [0.29, 0.717) is 5.56 Å². The first-order chi connectivity index (χ1) is 14.4. The van der Waals surface area contributed by atoms with E-state index in [4.69, 9.17) is 0 Å². The van der Waals surface area contributed by atoms with Crippen LogP contribution < -0.4 is 10.6 Å². The summed E-state index contributed by atoms with van der Waals surface area (Å²) in [5.74, 6) is -3.61. The number of benzene rings is 2. The molecule has 5 nitrogen and oxygen atoms in total. The van der Waals surface area contributed by atoms with Gasteiger partial charge in [0.15, 0.2) is 11.6 Å². The minimum absolute atomic E-state index is 0.0669. The number of aliphatic hydroxyl groups is 1. The number of piperidine rings is 1. The zero-order chi connectivity index (χ0) is 21.7. The maximum Gasteiger partial charge on any atom is 0.256 e. The summed E-state index contributed by atoms with van der Waals surface area (Å²) < 4.78 is 41.8. The third kappa shape index (κ3) is 5.31. The number of carbonyl (C=O) groups is 1. The number of amides is 1. The summed E-state index contributed by atoms with van der Waals surface area (Å²) in [4.78, 5) is 13.7. The number of nitrogens with one attached hydrogen (secondary N) is 2. The van der Waals surface area contributed by atoms with Crippen LogP contribution in [-0.4, -0.2) is 48.2 Å². The van der Waals surface area contributed by atoms with Crippen molar-refractivity contribution in [1.29, 1.82) is 0 Å². The topological polar surface area (TPSA) is 64.6 Å². The average molecular weight is 421 g/mol. The van der Waals surface area contributed by atoms with Gasteiger partial charge in [-0.3, -0.25) is 4.79 Å². The predicted octanol–water partition coefficient (Wildman–Crippen LogP) is 3.73. The maximum atomic E-state index is 14.2. The molecule has 2 aromatic rings. The summed E-state index contributed by atoms with van der Waals surface area (Å²) in [5, 5.41) is 15.0. The van der Waals surface area contributed by atoms with E-state index in [0.717, 1.165) is 12.1 Å². The van der Waals surface area contributed by atoms with Crippen LogP contribution in [-0.2, 0) is 0 Å². The van der Waals surface area contributed by atoms with Crippen LogP contribution in [0.15, 0.2) is 30.3 Å². The lowest BCUT2D eigenvalue weighted by atomic mass is 10.1. The number of aryl methyl sites for hydroxylation is 1. The van der Waals surface area contributed by atoms with E-state index in [1.54, 1.807) is 13.0 Å². The number of halogens is 3. The van der Waals surface area contributed by atoms with E-state index in [-0.39, 0.29) is 24.3 Å². The Kier molecular flexibility index (Phi) is 7.33. The molecule has 0 radical (unpaired) electrons. The molecule has 2 fully saturated rings. The summed E-state index contributed by atoms with van der Waals surface area (Å²) in [6, 6.07) is 6.22. The van der Waals surface area contributed by atoms with Gasteiger partial charge in [0, 0.05) is 13.1 Å². The van der Waals surface area contributed by atoms with Crippen LogP contribution in [0.25, 0.3) is 0 Å². The standard InChI is InChI=1S/C17H15F3N2O2.C5H11N/c1-9-2-5-14(13(19)6-9)21-16-11(3-4-12(18)15(16)20)17(24)22-7-10(23)8-22;1-2-4-6-5-3-1/h2-6,10,21,23H,7-8H2,1H3;6H,1-5H2. The average Bonchev–Trinajstić information content (AvgIpc) is 2.72. The van der Waals surface area contributed by atoms with Gasteiger partial charge in [-0.05, 0) is 62.7 Å². The van der Waals surface area contributed by atoms with E-state index in [2.05, 4.69) is 10.6 Å². The number of anilines is 2. The fourth-order valence-corrected chi connectivity index (χ4v) is 3.30. The third-order valence-corrected chi connectivity index (χ3v) is 5.07. The summed E-state index contributed by atoms with van der Waals surface area (Å²) in [6.07, 6.45) is 3.60. The van der Waals surface area contributed by atoms with Crippen molar-refractivity contribution in [2.75, 3.05) is 31.5 Å². The van der Waals surface area contributed by atoms with Gasteiger partial charge in [-0.1, -0.05) is 12.5 Å². The molecule has 2 aliphatic heterocycles. The largest absolute Gasteiger partial charge is 0.389 e. The number of hydrogen-bond acceptors (Lipinski definition) is 4. The molecule has 162 valence electrons. The molecule has 4 rings (SSSR count). The zero-order valence-electron chi connectivity index (χ0n) is 16.9. The molecule has 2 aromatic carbocycles. The number of nitrogens with zero attached hydrogens (tertiary/aromatic N) is 1. The molecule has 0 aromatic heterocycles. The quantitative estimate of drug-likeness (QED) is 0.707. The Bertz CT molecular complexity index is 886. The van der Waals surface area contributed by atoms with Crippen molar-refractivity contribution >= 4 is 17.3 Å². The fraction of sp³-hybridized carbons (Fsp3) is 0.409. The zero-order valence-corrected chi connectivity index (χ0v) is 16.9. The van der Waals surface area contributed by atoms with Gasteiger partial charge in [0.05, 0.1) is 23.0 Å². The highest BCUT2D eigenvalue weighted by atomic mass is 19.2. The molecule has 0 unspecified atom stereocenters. The van der Waals surface area contributed by atoms with Crippen molar-refractivity contribution in [3.05, 3.63) is 58.9 Å². The van der Waals surface area contributed by atoms with E-state index in [9.17, 15) is 23.1 Å². The molecule has 0 spiro atoms. The second-order valence-electron chi connectivity index (χ2n) is 7.57. The lowest BCUT2D eigenvalue weighted by molar-refractivity contribution is 0.00593. The number of likely N-dealkylation sites (tertiary alicyclic amines) is 1. The second-order valence-corrected chi connectivity index (χ2v) is 7.57. The Morgan fingerprint density at radius 1 is 1.07 bits per heavy atom. The molecule has 2 aliphatic rings. The summed E-state index contributed by atoms with van der Waals surface area (Å²) in [7, 11) is 0. The van der Waals surface area contributed by atoms with Crippen molar-refractivity contribution in [2.24, 2.45) is 0 Å². The number of carbonyl (C=O) groups excluding carboxylic acids is 1. The molecule has 0 saturated carbocycles. The van der Waals surface area contributed by atoms with Crippen molar-refractivity contribution in [3.63, 3.8) is 0 Å². The first-order valence-electron chi connectivity index (χ1n) is 10.1. The fourth-order valence-electron chi connectivity index (χ4n) is 3.30. The molecule has 2 heterocycles. The molecule has 0 bridgehead atoms. The highest BCUT2D eigenvalue weighted by molar-refractivity contribution is 6.01. The Labute approximate surface area is 173 Å². The molecule has 30 heavy (non-hydrogen) atoms. The van der Waals surface area contributed by atoms with Gasteiger partial charge < -0.3 is 20.6 Å². The van der Waals surface area contributed by atoms with Crippen molar-refractivity contribution in [2.45, 2.75) is 32.3 Å². The van der Waals surface area contributed by atoms with Crippen LogP contribution in [0.4, 0.5) is 24.5 Å². The first kappa shape index (κ1) is 22.1. The Hall–Kier alpha value is -2.58. The SMILES string of the molecule is C1CCNCC1.Cc1ccc(Nc2c(C(=O)N3CC(O)C3)ccc(F)c2F)c(F)c1. The number of aliphatic hydroxyl groups excluding tert-OH is 1. The van der Waals surface area contributed by atoms with E-state index >= 15 is 0 Å². The van der Waals surface area contributed by atoms with E-state index in [1.807, 2.05) is 0 Å². The van der Waals surface area contributed by atoms with Crippen LogP contribution in [0.3, 0.4) is 0 Å². The van der Waals surface area contributed by atoms with Gasteiger partial charge >= 0.3 is 0 Å². The number of hydrogen-bond donors (Lipinski definition) is 3. The van der Waals surface area contributed by atoms with Gasteiger partial charge in [-0.15, -0.1) is 0 Å². The van der Waals surface area contributed by atoms with Crippen LogP contribution in [0, 0.1) is 24.4 Å². The molecular weight excluding hydrogens is 395 g/mol. The van der Waals surface area contributed by atoms with Gasteiger partial charge in [-0.25, -0.2) is 13.2 Å². The monoisotopic (exact) mass is 421 g/mol. The van der Waals surface area contributed by atoms with Crippen LogP contribution in [0.2, 0.25) is 0 Å². The molecule has 8 heteroatoms. The minimum atomic E-state index is -1.26. The Morgan fingerprint density at radius 3 is 2.30 bits per heavy atom. The van der Waals surface area contributed by atoms with Crippen LogP contribution in [0.5, 0.6) is 0 Å². The Balaban J connectivity index is 0.000000367. The predicted molar refractivity (Wildman–Crippen MR) is 109 cm³/mol. The number of rotatable bonds is 3. The smallest absolute Gasteiger partial charge is 0.256 e. The molecule has 0 atom stereocenters. The summed E-state index contributed by atoms with van der Waals surface area (Å²) in [6.45, 7) is 4.44. The number of β-amino-alcohol motifs (C(OH)–C–C–N with tert-alkyl or cyclic N) is 1. The molecule has 0 aliphatic carbocycles. The normalized spacial score (nSPS) is 16.4. The van der Waals surface area contributed by atoms with E-state index < -0.39 is 35.2 Å². The minimum Gasteiger partial charge on any atom is -0.389 e. The van der Waals surface area contributed by atoms with Crippen molar-refractivity contribution < 1.29 is 23.1 Å².